The van der Waals surface area contributed by atoms with Crippen molar-refractivity contribution in [3.05, 3.63) is 34.9 Å². The summed E-state index contributed by atoms with van der Waals surface area (Å²) in [6.45, 7) is 9.90. The zero-order valence-corrected chi connectivity index (χ0v) is 12.1. The van der Waals surface area contributed by atoms with E-state index in [2.05, 4.69) is 45.1 Å². The van der Waals surface area contributed by atoms with Crippen molar-refractivity contribution in [2.24, 2.45) is 0 Å². The third-order valence-electron chi connectivity index (χ3n) is 3.64. The molecule has 0 amide bonds. The standard InChI is InChI=1S/C15H24ClN/c1-5-15(6-2,11-17-12(3)4)13-8-7-9-14(16)10-13/h7-10,12,17H,5-6,11H2,1-4H3. The second-order valence-corrected chi connectivity index (χ2v) is 5.47. The van der Waals surface area contributed by atoms with Crippen LogP contribution in [0.15, 0.2) is 24.3 Å². The normalized spacial score (nSPS) is 12.1. The van der Waals surface area contributed by atoms with Gasteiger partial charge < -0.3 is 5.32 Å². The van der Waals surface area contributed by atoms with Gasteiger partial charge in [-0.05, 0) is 30.5 Å². The van der Waals surface area contributed by atoms with Gasteiger partial charge in [-0.15, -0.1) is 0 Å². The van der Waals surface area contributed by atoms with E-state index in [0.717, 1.165) is 24.4 Å². The van der Waals surface area contributed by atoms with Gasteiger partial charge in [0.2, 0.25) is 0 Å². The number of rotatable bonds is 6. The van der Waals surface area contributed by atoms with E-state index in [1.54, 1.807) is 0 Å². The minimum absolute atomic E-state index is 0.204. The summed E-state index contributed by atoms with van der Waals surface area (Å²) in [7, 11) is 0. The molecule has 0 saturated heterocycles. The van der Waals surface area contributed by atoms with E-state index in [0.29, 0.717) is 6.04 Å². The van der Waals surface area contributed by atoms with Crippen molar-refractivity contribution in [2.75, 3.05) is 6.54 Å². The van der Waals surface area contributed by atoms with E-state index in [1.165, 1.54) is 5.56 Å². The maximum absolute atomic E-state index is 6.11. The van der Waals surface area contributed by atoms with Gasteiger partial charge in [0, 0.05) is 23.0 Å². The highest BCUT2D eigenvalue weighted by atomic mass is 35.5. The first-order valence-corrected chi connectivity index (χ1v) is 6.91. The predicted octanol–water partition coefficient (Wildman–Crippen LogP) is 4.40. The molecule has 0 aliphatic heterocycles. The van der Waals surface area contributed by atoms with Gasteiger partial charge in [0.1, 0.15) is 0 Å². The molecule has 1 aromatic carbocycles. The quantitative estimate of drug-likeness (QED) is 0.793. The minimum Gasteiger partial charge on any atom is -0.314 e. The minimum atomic E-state index is 0.204. The SMILES string of the molecule is CCC(CC)(CNC(C)C)c1cccc(Cl)c1. The van der Waals surface area contributed by atoms with Crippen molar-refractivity contribution in [3.63, 3.8) is 0 Å². The van der Waals surface area contributed by atoms with Crippen molar-refractivity contribution in [3.8, 4) is 0 Å². The Hall–Kier alpha value is -0.530. The Bertz CT molecular complexity index is 343. The summed E-state index contributed by atoms with van der Waals surface area (Å²) in [5, 5.41) is 4.39. The molecule has 1 nitrogen and oxygen atoms in total. The van der Waals surface area contributed by atoms with Crippen molar-refractivity contribution in [1.29, 1.82) is 0 Å². The third-order valence-corrected chi connectivity index (χ3v) is 3.87. The lowest BCUT2D eigenvalue weighted by Gasteiger charge is -2.33. The molecule has 1 rings (SSSR count). The van der Waals surface area contributed by atoms with Crippen molar-refractivity contribution in [2.45, 2.75) is 52.0 Å². The average Bonchev–Trinajstić information content (AvgIpc) is 2.31. The summed E-state index contributed by atoms with van der Waals surface area (Å²) >= 11 is 6.11. The summed E-state index contributed by atoms with van der Waals surface area (Å²) in [6.07, 6.45) is 2.26. The fraction of sp³-hybridized carbons (Fsp3) is 0.600. The molecule has 96 valence electrons. The van der Waals surface area contributed by atoms with Gasteiger partial charge in [0.05, 0.1) is 0 Å². The monoisotopic (exact) mass is 253 g/mol. The highest BCUT2D eigenvalue weighted by Crippen LogP contribution is 2.32. The predicted molar refractivity (Wildman–Crippen MR) is 76.9 cm³/mol. The molecule has 0 aromatic heterocycles. The fourth-order valence-corrected chi connectivity index (χ4v) is 2.42. The van der Waals surface area contributed by atoms with Crippen LogP contribution in [0, 0.1) is 0 Å². The highest BCUT2D eigenvalue weighted by Gasteiger charge is 2.28. The molecule has 17 heavy (non-hydrogen) atoms. The number of hydrogen-bond donors (Lipinski definition) is 1. The summed E-state index contributed by atoms with van der Waals surface area (Å²) in [4.78, 5) is 0. The summed E-state index contributed by atoms with van der Waals surface area (Å²) < 4.78 is 0. The van der Waals surface area contributed by atoms with Crippen LogP contribution in [-0.2, 0) is 5.41 Å². The van der Waals surface area contributed by atoms with Gasteiger partial charge in [-0.25, -0.2) is 0 Å². The molecule has 0 unspecified atom stereocenters. The molecular weight excluding hydrogens is 230 g/mol. The summed E-state index contributed by atoms with van der Waals surface area (Å²) in [5.74, 6) is 0. The third kappa shape index (κ3) is 3.72. The number of hydrogen-bond acceptors (Lipinski definition) is 1. The lowest BCUT2D eigenvalue weighted by Crippen LogP contribution is -2.40. The molecule has 0 aliphatic carbocycles. The highest BCUT2D eigenvalue weighted by molar-refractivity contribution is 6.30. The molecule has 1 N–H and O–H groups in total. The van der Waals surface area contributed by atoms with Crippen LogP contribution in [0.1, 0.15) is 46.1 Å². The van der Waals surface area contributed by atoms with Crippen molar-refractivity contribution in [1.82, 2.24) is 5.32 Å². The van der Waals surface area contributed by atoms with Gasteiger partial charge in [0.25, 0.3) is 0 Å². The smallest absolute Gasteiger partial charge is 0.0408 e. The van der Waals surface area contributed by atoms with Crippen molar-refractivity contribution >= 4 is 11.6 Å². The summed E-state index contributed by atoms with van der Waals surface area (Å²) in [6, 6.07) is 8.81. The van der Waals surface area contributed by atoms with Crippen LogP contribution in [0.5, 0.6) is 0 Å². The van der Waals surface area contributed by atoms with E-state index >= 15 is 0 Å². The van der Waals surface area contributed by atoms with Gasteiger partial charge in [-0.2, -0.15) is 0 Å². The van der Waals surface area contributed by atoms with Gasteiger partial charge in [-0.1, -0.05) is 51.4 Å². The zero-order valence-electron chi connectivity index (χ0n) is 11.4. The van der Waals surface area contributed by atoms with Crippen LogP contribution >= 0.6 is 11.6 Å². The van der Waals surface area contributed by atoms with E-state index in [9.17, 15) is 0 Å². The molecule has 0 saturated carbocycles. The topological polar surface area (TPSA) is 12.0 Å². The van der Waals surface area contributed by atoms with E-state index in [-0.39, 0.29) is 5.41 Å². The Morgan fingerprint density at radius 3 is 2.35 bits per heavy atom. The first kappa shape index (κ1) is 14.5. The molecule has 0 heterocycles. The Morgan fingerprint density at radius 2 is 1.88 bits per heavy atom. The first-order chi connectivity index (χ1) is 8.04. The molecule has 0 aliphatic rings. The molecular formula is C15H24ClN. The maximum atomic E-state index is 6.11. The Balaban J connectivity index is 2.97. The van der Waals surface area contributed by atoms with Gasteiger partial charge in [-0.3, -0.25) is 0 Å². The summed E-state index contributed by atoms with van der Waals surface area (Å²) in [5.41, 5.74) is 1.55. The number of halogens is 1. The molecule has 0 atom stereocenters. The number of nitrogens with one attached hydrogen (secondary N) is 1. The van der Waals surface area contributed by atoms with Crippen LogP contribution in [0.2, 0.25) is 5.02 Å². The lowest BCUT2D eigenvalue weighted by atomic mass is 9.75. The van der Waals surface area contributed by atoms with Crippen LogP contribution in [-0.4, -0.2) is 12.6 Å². The van der Waals surface area contributed by atoms with Crippen LogP contribution in [0.25, 0.3) is 0 Å². The van der Waals surface area contributed by atoms with Gasteiger partial charge in [0.15, 0.2) is 0 Å². The molecule has 0 bridgehead atoms. The molecule has 2 heteroatoms. The van der Waals surface area contributed by atoms with E-state index < -0.39 is 0 Å². The van der Waals surface area contributed by atoms with Crippen LogP contribution < -0.4 is 5.32 Å². The second kappa shape index (κ2) is 6.42. The van der Waals surface area contributed by atoms with Gasteiger partial charge >= 0.3 is 0 Å². The second-order valence-electron chi connectivity index (χ2n) is 5.03. The largest absolute Gasteiger partial charge is 0.314 e. The first-order valence-electron chi connectivity index (χ1n) is 6.53. The zero-order chi connectivity index (χ0) is 12.9. The average molecular weight is 254 g/mol. The maximum Gasteiger partial charge on any atom is 0.0408 e. The molecule has 1 aromatic rings. The van der Waals surface area contributed by atoms with Crippen molar-refractivity contribution < 1.29 is 0 Å². The van der Waals surface area contributed by atoms with E-state index in [1.807, 2.05) is 12.1 Å². The number of benzene rings is 1. The van der Waals surface area contributed by atoms with Crippen LogP contribution in [0.3, 0.4) is 0 Å². The Kier molecular flexibility index (Phi) is 5.48. The Morgan fingerprint density at radius 1 is 1.24 bits per heavy atom. The molecule has 0 radical (unpaired) electrons. The molecule has 0 fully saturated rings. The Labute approximate surface area is 111 Å². The van der Waals surface area contributed by atoms with E-state index in [4.69, 9.17) is 11.6 Å². The molecule has 0 spiro atoms. The fourth-order valence-electron chi connectivity index (χ4n) is 2.23. The van der Waals surface area contributed by atoms with Crippen LogP contribution in [0.4, 0.5) is 0 Å². The lowest BCUT2D eigenvalue weighted by molar-refractivity contribution is 0.355.